The van der Waals surface area contributed by atoms with Crippen LogP contribution in [0.1, 0.15) is 42.6 Å². The van der Waals surface area contributed by atoms with Gasteiger partial charge in [0.1, 0.15) is 5.69 Å². The number of H-pyrrole nitrogens is 2. The molecule has 1 atom stereocenters. The molecule has 0 unspecified atom stereocenters. The molecule has 1 fully saturated rings. The van der Waals surface area contributed by atoms with Crippen molar-refractivity contribution in [3.05, 3.63) is 68.6 Å². The van der Waals surface area contributed by atoms with E-state index in [0.717, 1.165) is 18.4 Å². The minimum Gasteiger partial charge on any atom is -0.493 e. The molecule has 3 heterocycles. The summed E-state index contributed by atoms with van der Waals surface area (Å²) in [5.41, 5.74) is 3.07. The van der Waals surface area contributed by atoms with Crippen LogP contribution in [0.5, 0.6) is 5.88 Å². The number of hydrogen-bond donors (Lipinski definition) is 4. The Morgan fingerprint density at radius 3 is 2.71 bits per heavy atom. The van der Waals surface area contributed by atoms with E-state index in [9.17, 15) is 9.90 Å². The summed E-state index contributed by atoms with van der Waals surface area (Å²) in [5, 5.41) is 18.2. The Kier molecular flexibility index (Phi) is 4.54. The number of hydrogen-bond acceptors (Lipinski definition) is 7. The van der Waals surface area contributed by atoms with Crippen molar-refractivity contribution in [2.75, 3.05) is 5.32 Å². The average molecular weight is 418 g/mol. The maximum Gasteiger partial charge on any atom is 0.326 e. The number of aromatic amines is 2. The quantitative estimate of drug-likeness (QED) is 0.381. The second kappa shape index (κ2) is 7.38. The summed E-state index contributed by atoms with van der Waals surface area (Å²) in [7, 11) is 0. The summed E-state index contributed by atoms with van der Waals surface area (Å²) in [4.78, 5) is 30.2. The Balaban J connectivity index is 1.61. The number of benzene rings is 1. The fourth-order valence-corrected chi connectivity index (χ4v) is 3.28. The highest BCUT2D eigenvalue weighted by Gasteiger charge is 2.21. The number of aromatic hydroxyl groups is 1. The van der Waals surface area contributed by atoms with Gasteiger partial charge in [-0.15, -0.1) is 0 Å². The third-order valence-electron chi connectivity index (χ3n) is 5.18. The molecule has 1 aliphatic rings. The van der Waals surface area contributed by atoms with Gasteiger partial charge in [0.25, 0.3) is 5.62 Å². The van der Waals surface area contributed by atoms with Gasteiger partial charge in [0.05, 0.1) is 18.3 Å². The molecule has 158 valence electrons. The number of nitrogens with one attached hydrogen (secondary N) is 3. The van der Waals surface area contributed by atoms with E-state index in [1.54, 1.807) is 16.8 Å². The number of aryl methyl sites for hydroxylation is 1. The Morgan fingerprint density at radius 1 is 1.26 bits per heavy atom. The predicted octanol–water partition coefficient (Wildman–Crippen LogP) is 0.939. The summed E-state index contributed by atoms with van der Waals surface area (Å²) in [6, 6.07) is 8.52. The molecule has 1 aromatic carbocycles. The highest BCUT2D eigenvalue weighted by Crippen LogP contribution is 2.22. The third-order valence-corrected chi connectivity index (χ3v) is 5.18. The van der Waals surface area contributed by atoms with Gasteiger partial charge in [-0.3, -0.25) is 4.98 Å². The maximum absolute atomic E-state index is 11.5. The van der Waals surface area contributed by atoms with Gasteiger partial charge in [-0.1, -0.05) is 29.8 Å². The van der Waals surface area contributed by atoms with Crippen LogP contribution in [0.15, 0.2) is 40.2 Å². The van der Waals surface area contributed by atoms with E-state index in [2.05, 4.69) is 66.5 Å². The first-order valence-electron chi connectivity index (χ1n) is 10.1. The van der Waals surface area contributed by atoms with Crippen LogP contribution in [-0.4, -0.2) is 40.7 Å². The van der Waals surface area contributed by atoms with Gasteiger partial charge in [-0.2, -0.15) is 19.6 Å². The van der Waals surface area contributed by atoms with Crippen molar-refractivity contribution in [2.24, 2.45) is 4.99 Å². The normalized spacial score (nSPS) is 16.2. The minimum absolute atomic E-state index is 0.0164. The third kappa shape index (κ3) is 3.91. The van der Waals surface area contributed by atoms with Crippen LogP contribution >= 0.6 is 0 Å². The molecule has 4 aromatic rings. The minimum atomic E-state index is -0.492. The SMILES string of the molecule is Cc1ccc([C@@H](C)Nc2nc(=NC3CC3)n3ncc(=Cc4[nH]c(=O)[nH]c4O)c3n2)cc1. The van der Waals surface area contributed by atoms with Gasteiger partial charge in [0, 0.05) is 5.22 Å². The molecule has 0 spiro atoms. The molecular formula is C21H22N8O2. The molecular weight excluding hydrogens is 396 g/mol. The molecule has 0 saturated heterocycles. The molecule has 0 amide bonds. The zero-order valence-electron chi connectivity index (χ0n) is 17.1. The second-order valence-electron chi connectivity index (χ2n) is 7.81. The highest BCUT2D eigenvalue weighted by atomic mass is 16.3. The monoisotopic (exact) mass is 418 g/mol. The second-order valence-corrected chi connectivity index (χ2v) is 7.81. The molecule has 0 radical (unpaired) electrons. The summed E-state index contributed by atoms with van der Waals surface area (Å²) >= 11 is 0. The Labute approximate surface area is 176 Å². The molecule has 1 saturated carbocycles. The topological polar surface area (TPSA) is 136 Å². The van der Waals surface area contributed by atoms with Crippen LogP contribution in [0, 0.1) is 6.92 Å². The highest BCUT2D eigenvalue weighted by molar-refractivity contribution is 5.57. The van der Waals surface area contributed by atoms with Crippen molar-refractivity contribution < 1.29 is 5.11 Å². The lowest BCUT2D eigenvalue weighted by atomic mass is 10.1. The fraction of sp³-hybridized carbons (Fsp3) is 0.286. The zero-order valence-corrected chi connectivity index (χ0v) is 17.1. The lowest BCUT2D eigenvalue weighted by molar-refractivity contribution is 0.454. The van der Waals surface area contributed by atoms with Gasteiger partial charge >= 0.3 is 5.69 Å². The van der Waals surface area contributed by atoms with Crippen molar-refractivity contribution in [3.63, 3.8) is 0 Å². The average Bonchev–Trinajstić information content (AvgIpc) is 3.37. The van der Waals surface area contributed by atoms with E-state index in [0.29, 0.717) is 22.4 Å². The van der Waals surface area contributed by atoms with Gasteiger partial charge in [-0.05, 0) is 38.3 Å². The lowest BCUT2D eigenvalue weighted by Crippen LogP contribution is -2.25. The van der Waals surface area contributed by atoms with Gasteiger partial charge in [0.2, 0.25) is 11.8 Å². The smallest absolute Gasteiger partial charge is 0.326 e. The predicted molar refractivity (Wildman–Crippen MR) is 114 cm³/mol. The lowest BCUT2D eigenvalue weighted by Gasteiger charge is -2.14. The number of rotatable bonds is 5. The molecule has 3 aromatic heterocycles. The first-order chi connectivity index (χ1) is 15.0. The van der Waals surface area contributed by atoms with E-state index in [-0.39, 0.29) is 23.7 Å². The number of anilines is 1. The number of aromatic nitrogens is 6. The van der Waals surface area contributed by atoms with E-state index in [1.807, 2.05) is 6.92 Å². The molecule has 31 heavy (non-hydrogen) atoms. The first-order valence-corrected chi connectivity index (χ1v) is 10.1. The van der Waals surface area contributed by atoms with Crippen LogP contribution in [0.2, 0.25) is 0 Å². The van der Waals surface area contributed by atoms with Crippen LogP contribution in [0.25, 0.3) is 11.7 Å². The summed E-state index contributed by atoms with van der Waals surface area (Å²) in [6.07, 6.45) is 5.28. The molecule has 4 N–H and O–H groups in total. The van der Waals surface area contributed by atoms with Crippen molar-refractivity contribution in [1.82, 2.24) is 29.5 Å². The van der Waals surface area contributed by atoms with E-state index >= 15 is 0 Å². The Hall–Kier alpha value is -3.95. The van der Waals surface area contributed by atoms with Gasteiger partial charge in [0.15, 0.2) is 5.65 Å². The van der Waals surface area contributed by atoms with Crippen molar-refractivity contribution >= 4 is 17.7 Å². The van der Waals surface area contributed by atoms with E-state index < -0.39 is 5.69 Å². The van der Waals surface area contributed by atoms with Crippen LogP contribution in [0.4, 0.5) is 5.95 Å². The molecule has 1 aliphatic carbocycles. The van der Waals surface area contributed by atoms with Crippen molar-refractivity contribution in [2.45, 2.75) is 38.8 Å². The molecule has 0 bridgehead atoms. The van der Waals surface area contributed by atoms with Gasteiger partial charge in [-0.25, -0.2) is 9.79 Å². The maximum atomic E-state index is 11.5. The fourth-order valence-electron chi connectivity index (χ4n) is 3.28. The van der Waals surface area contributed by atoms with Gasteiger partial charge < -0.3 is 15.4 Å². The summed E-state index contributed by atoms with van der Waals surface area (Å²) < 4.78 is 1.58. The van der Waals surface area contributed by atoms with Crippen molar-refractivity contribution in [1.29, 1.82) is 0 Å². The zero-order chi connectivity index (χ0) is 21.5. The molecule has 0 aliphatic heterocycles. The van der Waals surface area contributed by atoms with Crippen LogP contribution in [-0.2, 0) is 0 Å². The van der Waals surface area contributed by atoms with E-state index in [4.69, 9.17) is 0 Å². The number of nitrogens with zero attached hydrogens (tertiary/aromatic N) is 5. The number of fused-ring (bicyclic) bond motifs is 1. The van der Waals surface area contributed by atoms with Crippen molar-refractivity contribution in [3.8, 4) is 5.88 Å². The largest absolute Gasteiger partial charge is 0.493 e. The first kappa shape index (κ1) is 19.0. The van der Waals surface area contributed by atoms with Crippen LogP contribution in [0.3, 0.4) is 0 Å². The molecule has 10 nitrogen and oxygen atoms in total. The molecule has 10 heteroatoms. The Morgan fingerprint density at radius 2 is 2.03 bits per heavy atom. The summed E-state index contributed by atoms with van der Waals surface area (Å²) in [5.74, 6) is 0.189. The van der Waals surface area contributed by atoms with Crippen LogP contribution < -0.4 is 21.8 Å². The molecule has 5 rings (SSSR count). The standard InChI is InChI=1S/C21H22N8O2/c1-11-3-5-13(6-4-11)12(2)23-19-26-17-14(9-16-18(30)27-21(31)25-16)10-22-29(17)20(28-19)24-15-7-8-15/h3-6,9-10,12,15,30H,7-8H2,1-2H3,(H,23,24,28)(H2,25,27,31)/t12-/m1/s1. The summed E-state index contributed by atoms with van der Waals surface area (Å²) in [6.45, 7) is 4.10. The Bertz CT molecular complexity index is 1430. The number of imidazole rings is 1. The van der Waals surface area contributed by atoms with E-state index in [1.165, 1.54) is 5.56 Å².